The van der Waals surface area contributed by atoms with Crippen molar-refractivity contribution in [2.45, 2.75) is 43.2 Å². The van der Waals surface area contributed by atoms with Gasteiger partial charge in [-0.25, -0.2) is 0 Å². The Kier molecular flexibility index (Phi) is 5.53. The summed E-state index contributed by atoms with van der Waals surface area (Å²) in [6.07, 6.45) is 7.74. The van der Waals surface area contributed by atoms with Gasteiger partial charge in [-0.2, -0.15) is 0 Å². The van der Waals surface area contributed by atoms with Crippen LogP contribution in [0.15, 0.2) is 28.0 Å². The molecule has 3 aromatic heterocycles. The maximum absolute atomic E-state index is 12.2. The van der Waals surface area contributed by atoms with Gasteiger partial charge in [0.2, 0.25) is 11.0 Å². The lowest BCUT2D eigenvalue weighted by atomic mass is 9.90. The summed E-state index contributed by atoms with van der Waals surface area (Å²) in [4.78, 5) is 12.2. The molecule has 3 heterocycles. The van der Waals surface area contributed by atoms with E-state index in [2.05, 4.69) is 25.7 Å². The van der Waals surface area contributed by atoms with Crippen molar-refractivity contribution in [1.29, 1.82) is 0 Å². The van der Waals surface area contributed by atoms with Crippen LogP contribution in [-0.2, 0) is 11.8 Å². The monoisotopic (exact) mass is 404 g/mol. The van der Waals surface area contributed by atoms with E-state index in [9.17, 15) is 4.79 Å². The number of thioether (sulfide) groups is 1. The molecular formula is C17H20N6O2S2. The minimum Gasteiger partial charge on any atom is -0.461 e. The number of anilines is 1. The molecule has 1 amide bonds. The van der Waals surface area contributed by atoms with E-state index in [-0.39, 0.29) is 11.7 Å². The first-order valence-corrected chi connectivity index (χ1v) is 10.7. The average molecular weight is 405 g/mol. The number of nitrogens with zero attached hydrogens (tertiary/aromatic N) is 5. The summed E-state index contributed by atoms with van der Waals surface area (Å²) in [5, 5.41) is 21.7. The highest BCUT2D eigenvalue weighted by Crippen LogP contribution is 2.35. The molecule has 1 fully saturated rings. The van der Waals surface area contributed by atoms with Crippen molar-refractivity contribution < 1.29 is 9.21 Å². The molecule has 10 heteroatoms. The van der Waals surface area contributed by atoms with Crippen LogP contribution in [0.25, 0.3) is 11.6 Å². The van der Waals surface area contributed by atoms with E-state index >= 15 is 0 Å². The van der Waals surface area contributed by atoms with E-state index < -0.39 is 0 Å². The van der Waals surface area contributed by atoms with E-state index in [1.807, 2.05) is 17.7 Å². The molecular weight excluding hydrogens is 384 g/mol. The fourth-order valence-electron chi connectivity index (χ4n) is 3.15. The Balaban J connectivity index is 1.32. The van der Waals surface area contributed by atoms with Crippen molar-refractivity contribution in [3.05, 3.63) is 23.4 Å². The Morgan fingerprint density at radius 1 is 1.30 bits per heavy atom. The van der Waals surface area contributed by atoms with Crippen LogP contribution in [-0.4, -0.2) is 36.6 Å². The van der Waals surface area contributed by atoms with E-state index in [1.54, 1.807) is 12.3 Å². The number of carbonyl (C=O) groups excluding carboxylic acids is 1. The molecule has 0 unspecified atom stereocenters. The van der Waals surface area contributed by atoms with E-state index in [1.165, 1.54) is 55.2 Å². The Morgan fingerprint density at radius 2 is 2.15 bits per heavy atom. The molecule has 1 aliphatic carbocycles. The first-order chi connectivity index (χ1) is 13.2. The molecule has 1 saturated carbocycles. The highest BCUT2D eigenvalue weighted by atomic mass is 32.2. The van der Waals surface area contributed by atoms with Crippen molar-refractivity contribution in [2.75, 3.05) is 11.1 Å². The molecule has 4 rings (SSSR count). The Morgan fingerprint density at radius 3 is 2.93 bits per heavy atom. The lowest BCUT2D eigenvalue weighted by Crippen LogP contribution is -2.14. The third kappa shape index (κ3) is 4.22. The molecule has 0 atom stereocenters. The summed E-state index contributed by atoms with van der Waals surface area (Å²) >= 11 is 2.81. The quantitative estimate of drug-likeness (QED) is 0.625. The van der Waals surface area contributed by atoms with E-state index in [0.29, 0.717) is 27.8 Å². The zero-order chi connectivity index (χ0) is 18.6. The first-order valence-electron chi connectivity index (χ1n) is 8.90. The number of amides is 1. The average Bonchev–Trinajstić information content (AvgIpc) is 3.42. The zero-order valence-corrected chi connectivity index (χ0v) is 16.6. The van der Waals surface area contributed by atoms with Crippen molar-refractivity contribution >= 4 is 34.1 Å². The molecule has 0 aliphatic heterocycles. The van der Waals surface area contributed by atoms with Crippen LogP contribution in [0, 0.1) is 0 Å². The predicted molar refractivity (Wildman–Crippen MR) is 104 cm³/mol. The van der Waals surface area contributed by atoms with E-state index in [0.717, 1.165) is 5.01 Å². The highest BCUT2D eigenvalue weighted by molar-refractivity contribution is 7.99. The lowest BCUT2D eigenvalue weighted by molar-refractivity contribution is -0.113. The second-order valence-corrected chi connectivity index (χ2v) is 8.41. The molecule has 142 valence electrons. The van der Waals surface area contributed by atoms with Gasteiger partial charge in [-0.15, -0.1) is 20.4 Å². The van der Waals surface area contributed by atoms with Crippen LogP contribution in [0.5, 0.6) is 0 Å². The summed E-state index contributed by atoms with van der Waals surface area (Å²) < 4.78 is 7.15. The number of hydrogen-bond acceptors (Lipinski definition) is 8. The van der Waals surface area contributed by atoms with Crippen LogP contribution >= 0.6 is 23.1 Å². The molecule has 0 spiro atoms. The second-order valence-electron chi connectivity index (χ2n) is 6.46. The summed E-state index contributed by atoms with van der Waals surface area (Å²) in [6, 6.07) is 3.62. The molecule has 27 heavy (non-hydrogen) atoms. The van der Waals surface area contributed by atoms with E-state index in [4.69, 9.17) is 4.42 Å². The number of hydrogen-bond donors (Lipinski definition) is 1. The molecule has 0 bridgehead atoms. The fraction of sp³-hybridized carbons (Fsp3) is 0.471. The van der Waals surface area contributed by atoms with Crippen molar-refractivity contribution in [2.24, 2.45) is 7.05 Å². The van der Waals surface area contributed by atoms with Crippen molar-refractivity contribution in [3.8, 4) is 11.6 Å². The number of nitrogens with one attached hydrogen (secondary N) is 1. The predicted octanol–water partition coefficient (Wildman–Crippen LogP) is 3.71. The van der Waals surface area contributed by atoms with Crippen LogP contribution < -0.4 is 5.32 Å². The van der Waals surface area contributed by atoms with Gasteiger partial charge in [0.05, 0.1) is 12.0 Å². The van der Waals surface area contributed by atoms with Gasteiger partial charge in [0.1, 0.15) is 5.01 Å². The Labute approximate surface area is 164 Å². The maximum atomic E-state index is 12.2. The molecule has 0 radical (unpaired) electrons. The van der Waals surface area contributed by atoms with Crippen molar-refractivity contribution in [3.63, 3.8) is 0 Å². The largest absolute Gasteiger partial charge is 0.461 e. The molecule has 3 aromatic rings. The smallest absolute Gasteiger partial charge is 0.236 e. The minimum atomic E-state index is -0.131. The maximum Gasteiger partial charge on any atom is 0.236 e. The van der Waals surface area contributed by atoms with Gasteiger partial charge in [0.25, 0.3) is 0 Å². The van der Waals surface area contributed by atoms with Crippen LogP contribution in [0.3, 0.4) is 0 Å². The number of rotatable bonds is 6. The molecule has 0 saturated heterocycles. The molecule has 1 aliphatic rings. The Bertz CT molecular complexity index is 899. The van der Waals surface area contributed by atoms with Gasteiger partial charge in [-0.05, 0) is 25.0 Å². The zero-order valence-electron chi connectivity index (χ0n) is 14.9. The van der Waals surface area contributed by atoms with Gasteiger partial charge in [0.15, 0.2) is 16.7 Å². The topological polar surface area (TPSA) is 98.7 Å². The van der Waals surface area contributed by atoms with Gasteiger partial charge in [0, 0.05) is 13.0 Å². The Hall–Kier alpha value is -2.20. The van der Waals surface area contributed by atoms with Crippen LogP contribution in [0.1, 0.15) is 43.0 Å². The second kappa shape index (κ2) is 8.22. The van der Waals surface area contributed by atoms with Crippen LogP contribution in [0.2, 0.25) is 0 Å². The van der Waals surface area contributed by atoms with Gasteiger partial charge in [-0.1, -0.05) is 42.4 Å². The lowest BCUT2D eigenvalue weighted by Gasteiger charge is -2.18. The van der Waals surface area contributed by atoms with Gasteiger partial charge < -0.3 is 8.98 Å². The van der Waals surface area contributed by atoms with Crippen molar-refractivity contribution in [1.82, 2.24) is 25.0 Å². The number of carbonyl (C=O) groups is 1. The highest BCUT2D eigenvalue weighted by Gasteiger charge is 2.20. The fourth-order valence-corrected chi connectivity index (χ4v) is 4.79. The van der Waals surface area contributed by atoms with Gasteiger partial charge >= 0.3 is 0 Å². The standard InChI is InChI=1S/C17H20N6O2S2/c1-23-14(12-8-5-9-25-12)19-22-17(23)26-10-13(24)18-16-21-20-15(27-16)11-6-3-2-4-7-11/h5,8-9,11H,2-4,6-7,10H2,1H3,(H,18,21,24). The third-order valence-corrected chi connectivity index (χ3v) is 6.57. The minimum absolute atomic E-state index is 0.131. The van der Waals surface area contributed by atoms with Crippen LogP contribution in [0.4, 0.5) is 5.13 Å². The normalized spacial score (nSPS) is 15.1. The first kappa shape index (κ1) is 18.2. The SMILES string of the molecule is Cn1c(SCC(=O)Nc2nnc(C3CCCCC3)s2)nnc1-c1ccco1. The summed E-state index contributed by atoms with van der Waals surface area (Å²) in [7, 11) is 1.85. The number of furan rings is 1. The molecule has 0 aromatic carbocycles. The summed E-state index contributed by atoms with van der Waals surface area (Å²) in [6.45, 7) is 0. The third-order valence-electron chi connectivity index (χ3n) is 4.55. The van der Waals surface area contributed by atoms with Gasteiger partial charge in [-0.3, -0.25) is 10.1 Å². The molecule has 1 N–H and O–H groups in total. The summed E-state index contributed by atoms with van der Waals surface area (Å²) in [5.41, 5.74) is 0. The molecule has 8 nitrogen and oxygen atoms in total. The summed E-state index contributed by atoms with van der Waals surface area (Å²) in [5.74, 6) is 1.86. The number of aromatic nitrogens is 5.